The Morgan fingerprint density at radius 3 is 2.54 bits per heavy atom. The Balaban J connectivity index is 1.94. The predicted molar refractivity (Wildman–Crippen MR) is 102 cm³/mol. The van der Waals surface area contributed by atoms with Crippen molar-refractivity contribution < 1.29 is 9.21 Å². The van der Waals surface area contributed by atoms with Gasteiger partial charge in [-0.3, -0.25) is 9.69 Å². The number of carbonyl (C=O) groups is 1. The lowest BCUT2D eigenvalue weighted by molar-refractivity contribution is -0.123. The van der Waals surface area contributed by atoms with Crippen molar-refractivity contribution in [3.8, 4) is 17.4 Å². The predicted octanol–water partition coefficient (Wildman–Crippen LogP) is 4.09. The average Bonchev–Trinajstić information content (AvgIpc) is 3.03. The van der Waals surface area contributed by atoms with Gasteiger partial charge in [-0.05, 0) is 56.3 Å². The van der Waals surface area contributed by atoms with Crippen LogP contribution in [0, 0.1) is 17.2 Å². The van der Waals surface area contributed by atoms with Gasteiger partial charge in [-0.15, -0.1) is 0 Å². The van der Waals surface area contributed by atoms with Crippen molar-refractivity contribution in [3.63, 3.8) is 0 Å². The lowest BCUT2D eigenvalue weighted by atomic mass is 9.90. The second-order valence-corrected chi connectivity index (χ2v) is 7.40. The molecule has 0 spiro atoms. The van der Waals surface area contributed by atoms with E-state index in [-0.39, 0.29) is 18.4 Å². The Morgan fingerprint density at radius 1 is 1.31 bits per heavy atom. The number of nitrogens with zero attached hydrogens (tertiary/aromatic N) is 2. The van der Waals surface area contributed by atoms with Crippen LogP contribution in [0.4, 0.5) is 0 Å². The van der Waals surface area contributed by atoms with Crippen LogP contribution in [0.5, 0.6) is 0 Å². The smallest absolute Gasteiger partial charge is 0.235 e. The van der Waals surface area contributed by atoms with Gasteiger partial charge in [0.1, 0.15) is 17.1 Å². The highest BCUT2D eigenvalue weighted by atomic mass is 35.5. The molecule has 5 nitrogen and oxygen atoms in total. The number of carbonyl (C=O) groups excluding carboxylic acids is 1. The maximum atomic E-state index is 12.2. The lowest BCUT2D eigenvalue weighted by Gasteiger charge is -2.28. The number of nitriles is 1. The molecular weight excluding hydrogens is 350 g/mol. The molecule has 0 bridgehead atoms. The van der Waals surface area contributed by atoms with E-state index in [0.29, 0.717) is 11.6 Å². The molecule has 6 heteroatoms. The Hall–Kier alpha value is -2.29. The average molecular weight is 374 g/mol. The van der Waals surface area contributed by atoms with Gasteiger partial charge in [-0.25, -0.2) is 0 Å². The summed E-state index contributed by atoms with van der Waals surface area (Å²) in [5, 5.41) is 12.8. The maximum Gasteiger partial charge on any atom is 0.235 e. The summed E-state index contributed by atoms with van der Waals surface area (Å²) in [7, 11) is 1.84. The fourth-order valence-electron chi connectivity index (χ4n) is 2.43. The molecule has 1 atom stereocenters. The largest absolute Gasteiger partial charge is 0.460 e. The van der Waals surface area contributed by atoms with Crippen LogP contribution < -0.4 is 5.32 Å². The van der Waals surface area contributed by atoms with Gasteiger partial charge < -0.3 is 9.73 Å². The van der Waals surface area contributed by atoms with E-state index in [1.807, 2.05) is 62.2 Å². The zero-order valence-electron chi connectivity index (χ0n) is 15.5. The van der Waals surface area contributed by atoms with E-state index in [9.17, 15) is 10.1 Å². The van der Waals surface area contributed by atoms with Crippen molar-refractivity contribution >= 4 is 17.5 Å². The molecule has 2 rings (SSSR count). The number of benzene rings is 1. The molecule has 0 radical (unpaired) electrons. The third-order valence-corrected chi connectivity index (χ3v) is 4.67. The van der Waals surface area contributed by atoms with Gasteiger partial charge in [-0.1, -0.05) is 25.4 Å². The van der Waals surface area contributed by atoms with Crippen LogP contribution in [0.1, 0.15) is 26.5 Å². The molecule has 0 saturated heterocycles. The maximum absolute atomic E-state index is 12.2. The van der Waals surface area contributed by atoms with Gasteiger partial charge in [0, 0.05) is 10.6 Å². The van der Waals surface area contributed by atoms with Crippen LogP contribution in [-0.2, 0) is 11.3 Å². The molecule has 0 fully saturated rings. The summed E-state index contributed by atoms with van der Waals surface area (Å²) in [6, 6.07) is 13.4. The number of likely N-dealkylation sites (N-methyl/N-ethyl adjacent to an activating group) is 1. The van der Waals surface area contributed by atoms with E-state index in [4.69, 9.17) is 16.0 Å². The number of nitrogens with one attached hydrogen (secondary N) is 1. The van der Waals surface area contributed by atoms with Gasteiger partial charge in [0.2, 0.25) is 5.91 Å². The summed E-state index contributed by atoms with van der Waals surface area (Å²) in [6.45, 7) is 6.23. The molecule has 1 amide bonds. The number of amides is 1. The van der Waals surface area contributed by atoms with Crippen LogP contribution in [0.2, 0.25) is 5.02 Å². The molecular formula is C20H24ClN3O2. The molecule has 0 aliphatic heterocycles. The molecule has 1 N–H and O–H groups in total. The van der Waals surface area contributed by atoms with Crippen molar-refractivity contribution in [2.45, 2.75) is 32.9 Å². The molecule has 138 valence electrons. The number of furan rings is 1. The summed E-state index contributed by atoms with van der Waals surface area (Å²) >= 11 is 5.90. The summed E-state index contributed by atoms with van der Waals surface area (Å²) in [5.41, 5.74) is 0.0763. The minimum Gasteiger partial charge on any atom is -0.460 e. The zero-order chi connectivity index (χ0) is 19.3. The fourth-order valence-corrected chi connectivity index (χ4v) is 2.56. The van der Waals surface area contributed by atoms with Gasteiger partial charge in [0.15, 0.2) is 0 Å². The minimum absolute atomic E-state index is 0.0220. The van der Waals surface area contributed by atoms with E-state index < -0.39 is 5.54 Å². The topological polar surface area (TPSA) is 69.3 Å². The summed E-state index contributed by atoms with van der Waals surface area (Å²) in [4.78, 5) is 14.1. The Bertz CT molecular complexity index is 792. The van der Waals surface area contributed by atoms with Gasteiger partial charge in [0.05, 0.1) is 19.2 Å². The number of hydrogen-bond donors (Lipinski definition) is 1. The molecule has 1 heterocycles. The van der Waals surface area contributed by atoms with Crippen molar-refractivity contribution in [1.29, 1.82) is 5.26 Å². The zero-order valence-corrected chi connectivity index (χ0v) is 16.3. The van der Waals surface area contributed by atoms with Gasteiger partial charge in [-0.2, -0.15) is 5.26 Å². The van der Waals surface area contributed by atoms with Crippen LogP contribution in [0.15, 0.2) is 40.8 Å². The third-order valence-electron chi connectivity index (χ3n) is 4.42. The second-order valence-electron chi connectivity index (χ2n) is 6.96. The first-order chi connectivity index (χ1) is 12.2. The minimum atomic E-state index is -0.871. The van der Waals surface area contributed by atoms with Gasteiger partial charge >= 0.3 is 0 Å². The lowest BCUT2D eigenvalue weighted by Crippen LogP contribution is -2.51. The van der Waals surface area contributed by atoms with Crippen LogP contribution in [0.25, 0.3) is 11.3 Å². The van der Waals surface area contributed by atoms with Crippen molar-refractivity contribution in [3.05, 3.63) is 47.2 Å². The molecule has 0 unspecified atom stereocenters. The third kappa shape index (κ3) is 5.10. The first kappa shape index (κ1) is 20.0. The van der Waals surface area contributed by atoms with Crippen molar-refractivity contribution in [1.82, 2.24) is 10.2 Å². The number of hydrogen-bond acceptors (Lipinski definition) is 4. The molecule has 1 aromatic heterocycles. The molecule has 0 aliphatic carbocycles. The highest BCUT2D eigenvalue weighted by Gasteiger charge is 2.30. The van der Waals surface area contributed by atoms with E-state index in [2.05, 4.69) is 11.4 Å². The highest BCUT2D eigenvalue weighted by molar-refractivity contribution is 6.30. The number of rotatable bonds is 7. The molecule has 26 heavy (non-hydrogen) atoms. The normalized spacial score (nSPS) is 13.5. The quantitative estimate of drug-likeness (QED) is 0.793. The monoisotopic (exact) mass is 373 g/mol. The molecule has 1 aromatic carbocycles. The van der Waals surface area contributed by atoms with E-state index in [1.165, 1.54) is 0 Å². The second kappa shape index (κ2) is 8.39. The summed E-state index contributed by atoms with van der Waals surface area (Å²) in [6.07, 6.45) is 0. The highest BCUT2D eigenvalue weighted by Crippen LogP contribution is 2.24. The number of halogens is 1. The SMILES string of the molecule is CC(C)[C@](C)(C#N)NC(=O)CN(C)Cc1ccc(-c2ccc(Cl)cc2)o1. The summed E-state index contributed by atoms with van der Waals surface area (Å²) < 4.78 is 5.85. The Labute approximate surface area is 159 Å². The first-order valence-corrected chi connectivity index (χ1v) is 8.87. The van der Waals surface area contributed by atoms with Crippen LogP contribution in [0.3, 0.4) is 0 Å². The Morgan fingerprint density at radius 2 is 1.96 bits per heavy atom. The van der Waals surface area contributed by atoms with E-state index in [1.54, 1.807) is 6.92 Å². The molecule has 2 aromatic rings. The van der Waals surface area contributed by atoms with Crippen LogP contribution >= 0.6 is 11.6 Å². The Kier molecular flexibility index (Phi) is 6.47. The van der Waals surface area contributed by atoms with Gasteiger partial charge in [0.25, 0.3) is 0 Å². The first-order valence-electron chi connectivity index (χ1n) is 8.49. The fraction of sp³-hybridized carbons (Fsp3) is 0.400. The van der Waals surface area contributed by atoms with E-state index in [0.717, 1.165) is 17.1 Å². The van der Waals surface area contributed by atoms with Crippen molar-refractivity contribution in [2.24, 2.45) is 5.92 Å². The summed E-state index contributed by atoms with van der Waals surface area (Å²) in [5.74, 6) is 1.35. The standard InChI is InChI=1S/C20H24ClN3O2/c1-14(2)20(3,13-22)23-19(25)12-24(4)11-17-9-10-18(26-17)15-5-7-16(21)8-6-15/h5-10,14H,11-12H2,1-4H3,(H,23,25)/t20-/m0/s1. The van der Waals surface area contributed by atoms with Crippen molar-refractivity contribution in [2.75, 3.05) is 13.6 Å². The van der Waals surface area contributed by atoms with E-state index >= 15 is 0 Å². The van der Waals surface area contributed by atoms with Crippen LogP contribution in [-0.4, -0.2) is 29.9 Å². The molecule has 0 saturated carbocycles. The molecule has 0 aliphatic rings.